The zero-order valence-electron chi connectivity index (χ0n) is 14.8. The summed E-state index contributed by atoms with van der Waals surface area (Å²) >= 11 is 0. The molecular weight excluding hydrogens is 336 g/mol. The third kappa shape index (κ3) is 3.60. The Hall–Kier alpha value is -3.40. The molecule has 1 aliphatic heterocycles. The van der Waals surface area contributed by atoms with Crippen LogP contribution in [-0.2, 0) is 17.8 Å². The van der Waals surface area contributed by atoms with Crippen LogP contribution in [0.25, 0.3) is 0 Å². The number of hydrogen-bond donors (Lipinski definition) is 1. The van der Waals surface area contributed by atoms with Gasteiger partial charge in [0.1, 0.15) is 6.04 Å². The number of nitrogens with one attached hydrogen (secondary N) is 1. The third-order valence-electron chi connectivity index (χ3n) is 4.78. The fraction of sp³-hybridized carbons (Fsp3) is 0.130. The zero-order valence-corrected chi connectivity index (χ0v) is 14.8. The van der Waals surface area contributed by atoms with E-state index >= 15 is 0 Å². The second kappa shape index (κ2) is 7.46. The van der Waals surface area contributed by atoms with Crippen molar-refractivity contribution >= 4 is 17.5 Å². The van der Waals surface area contributed by atoms with Crippen molar-refractivity contribution in [2.75, 3.05) is 4.90 Å². The molecule has 0 saturated heterocycles. The van der Waals surface area contributed by atoms with Gasteiger partial charge in [-0.25, -0.2) is 0 Å². The van der Waals surface area contributed by atoms with E-state index in [1.807, 2.05) is 78.9 Å². The Morgan fingerprint density at radius 1 is 0.741 bits per heavy atom. The first kappa shape index (κ1) is 17.0. The second-order valence-electron chi connectivity index (χ2n) is 6.64. The van der Waals surface area contributed by atoms with E-state index in [2.05, 4.69) is 5.32 Å². The lowest BCUT2D eigenvalue weighted by molar-refractivity contribution is -0.120. The van der Waals surface area contributed by atoms with Crippen LogP contribution in [-0.4, -0.2) is 17.9 Å². The molecule has 0 fully saturated rings. The number of fused-ring (bicyclic) bond motifs is 1. The Labute approximate surface area is 158 Å². The van der Waals surface area contributed by atoms with Crippen molar-refractivity contribution in [3.05, 3.63) is 102 Å². The molecule has 1 N–H and O–H groups in total. The first-order valence-corrected chi connectivity index (χ1v) is 9.01. The van der Waals surface area contributed by atoms with Crippen LogP contribution in [0.4, 0.5) is 5.69 Å². The molecule has 4 heteroatoms. The summed E-state index contributed by atoms with van der Waals surface area (Å²) in [5, 5.41) is 2.92. The molecule has 3 aromatic rings. The Bertz CT molecular complexity index is 954. The van der Waals surface area contributed by atoms with Crippen LogP contribution >= 0.6 is 0 Å². The van der Waals surface area contributed by atoms with Crippen LogP contribution < -0.4 is 10.2 Å². The monoisotopic (exact) mass is 356 g/mol. The molecule has 0 aliphatic carbocycles. The molecule has 2 amide bonds. The van der Waals surface area contributed by atoms with Gasteiger partial charge in [-0.15, -0.1) is 0 Å². The van der Waals surface area contributed by atoms with Gasteiger partial charge in [-0.2, -0.15) is 0 Å². The maximum Gasteiger partial charge on any atom is 0.254 e. The van der Waals surface area contributed by atoms with Crippen molar-refractivity contribution in [1.82, 2.24) is 5.32 Å². The van der Waals surface area contributed by atoms with E-state index in [9.17, 15) is 9.59 Å². The molecule has 3 aromatic carbocycles. The molecule has 0 unspecified atom stereocenters. The molecule has 0 bridgehead atoms. The van der Waals surface area contributed by atoms with Gasteiger partial charge in [0.15, 0.2) is 0 Å². The predicted molar refractivity (Wildman–Crippen MR) is 105 cm³/mol. The lowest BCUT2D eigenvalue weighted by Gasteiger charge is -2.25. The normalized spacial score (nSPS) is 16.4. The molecule has 1 atom stereocenters. The van der Waals surface area contributed by atoms with Gasteiger partial charge in [0, 0.05) is 6.42 Å². The van der Waals surface area contributed by atoms with Crippen molar-refractivity contribution in [2.24, 2.45) is 0 Å². The fourth-order valence-corrected chi connectivity index (χ4v) is 3.42. The van der Waals surface area contributed by atoms with E-state index in [4.69, 9.17) is 0 Å². The lowest BCUT2D eigenvalue weighted by Crippen LogP contribution is -2.46. The third-order valence-corrected chi connectivity index (χ3v) is 4.78. The van der Waals surface area contributed by atoms with Gasteiger partial charge < -0.3 is 10.2 Å². The smallest absolute Gasteiger partial charge is 0.254 e. The molecule has 0 aromatic heterocycles. The fourth-order valence-electron chi connectivity index (χ4n) is 3.42. The molecule has 1 aliphatic rings. The van der Waals surface area contributed by atoms with Crippen molar-refractivity contribution in [2.45, 2.75) is 19.0 Å². The van der Waals surface area contributed by atoms with Gasteiger partial charge >= 0.3 is 0 Å². The van der Waals surface area contributed by atoms with Crippen LogP contribution in [0.3, 0.4) is 0 Å². The summed E-state index contributed by atoms with van der Waals surface area (Å²) in [7, 11) is 0. The largest absolute Gasteiger partial charge is 0.340 e. The summed E-state index contributed by atoms with van der Waals surface area (Å²) in [6.07, 6.45) is 0.463. The van der Waals surface area contributed by atoms with Crippen LogP contribution in [0.2, 0.25) is 0 Å². The second-order valence-corrected chi connectivity index (χ2v) is 6.64. The lowest BCUT2D eigenvalue weighted by atomic mass is 10.0. The number of benzene rings is 3. The first-order valence-electron chi connectivity index (χ1n) is 9.01. The van der Waals surface area contributed by atoms with E-state index in [1.165, 1.54) is 0 Å². The van der Waals surface area contributed by atoms with E-state index in [1.54, 1.807) is 11.0 Å². The van der Waals surface area contributed by atoms with Gasteiger partial charge in [-0.3, -0.25) is 9.59 Å². The zero-order chi connectivity index (χ0) is 18.6. The Kier molecular flexibility index (Phi) is 4.71. The highest BCUT2D eigenvalue weighted by atomic mass is 16.2. The van der Waals surface area contributed by atoms with Gasteiger partial charge in [-0.1, -0.05) is 72.8 Å². The summed E-state index contributed by atoms with van der Waals surface area (Å²) in [5.74, 6) is -0.309. The molecule has 0 radical (unpaired) electrons. The van der Waals surface area contributed by atoms with Crippen molar-refractivity contribution in [1.29, 1.82) is 0 Å². The number of rotatable bonds is 4. The molecule has 134 valence electrons. The highest BCUT2D eigenvalue weighted by Crippen LogP contribution is 2.26. The average molecular weight is 356 g/mol. The number of nitrogens with zero attached hydrogens (tertiary/aromatic N) is 1. The predicted octanol–water partition coefficient (Wildman–Crippen LogP) is 3.57. The van der Waals surface area contributed by atoms with Gasteiger partial charge in [0.05, 0.1) is 17.8 Å². The molecule has 1 heterocycles. The van der Waals surface area contributed by atoms with Crippen LogP contribution in [0.15, 0.2) is 84.9 Å². The van der Waals surface area contributed by atoms with Gasteiger partial charge in [0.25, 0.3) is 5.91 Å². The minimum Gasteiger partial charge on any atom is -0.340 e. The standard InChI is InChI=1S/C23H20N2O2/c26-22-19-13-7-8-14-21(19)25(16-18-11-5-2-6-12-18)23(27)20(24-22)15-17-9-3-1-4-10-17/h1-14,20H,15-16H2,(H,24,26)/t20-/m0/s1. The molecule has 4 nitrogen and oxygen atoms in total. The van der Waals surface area contributed by atoms with Crippen LogP contribution in [0.1, 0.15) is 21.5 Å². The van der Waals surface area contributed by atoms with Crippen LogP contribution in [0.5, 0.6) is 0 Å². The SMILES string of the molecule is O=C1N[C@@H](Cc2ccccc2)C(=O)N(Cc2ccccc2)c2ccccc21. The van der Waals surface area contributed by atoms with Gasteiger partial charge in [-0.05, 0) is 23.3 Å². The van der Waals surface area contributed by atoms with E-state index in [-0.39, 0.29) is 11.8 Å². The summed E-state index contributed by atoms with van der Waals surface area (Å²) < 4.78 is 0. The van der Waals surface area contributed by atoms with Crippen molar-refractivity contribution < 1.29 is 9.59 Å². The topological polar surface area (TPSA) is 49.4 Å². The maximum atomic E-state index is 13.4. The highest BCUT2D eigenvalue weighted by Gasteiger charge is 2.33. The summed E-state index contributed by atoms with van der Waals surface area (Å²) in [5.41, 5.74) is 3.21. The number of hydrogen-bond acceptors (Lipinski definition) is 2. The van der Waals surface area contributed by atoms with E-state index in [0.29, 0.717) is 24.2 Å². The minimum absolute atomic E-state index is 0.0963. The maximum absolute atomic E-state index is 13.4. The quantitative estimate of drug-likeness (QED) is 0.777. The number of para-hydroxylation sites is 1. The summed E-state index contributed by atoms with van der Waals surface area (Å²) in [6, 6.07) is 26.3. The molecule has 0 spiro atoms. The molecular formula is C23H20N2O2. The molecule has 27 heavy (non-hydrogen) atoms. The molecule has 4 rings (SSSR count). The van der Waals surface area contributed by atoms with Gasteiger partial charge in [0.2, 0.25) is 5.91 Å². The van der Waals surface area contributed by atoms with Crippen LogP contribution in [0, 0.1) is 0 Å². The Morgan fingerprint density at radius 3 is 2.04 bits per heavy atom. The first-order chi connectivity index (χ1) is 13.2. The Morgan fingerprint density at radius 2 is 1.33 bits per heavy atom. The molecule has 0 saturated carbocycles. The van der Waals surface area contributed by atoms with E-state index < -0.39 is 6.04 Å². The average Bonchev–Trinajstić information content (AvgIpc) is 2.81. The van der Waals surface area contributed by atoms with Crippen molar-refractivity contribution in [3.63, 3.8) is 0 Å². The minimum atomic E-state index is -0.601. The summed E-state index contributed by atoms with van der Waals surface area (Å²) in [4.78, 5) is 27.9. The Balaban J connectivity index is 1.71. The number of carbonyl (C=O) groups excluding carboxylic acids is 2. The van der Waals surface area contributed by atoms with Crippen molar-refractivity contribution in [3.8, 4) is 0 Å². The number of amides is 2. The van der Waals surface area contributed by atoms with E-state index in [0.717, 1.165) is 11.1 Å². The highest BCUT2D eigenvalue weighted by molar-refractivity contribution is 6.11. The summed E-state index contributed by atoms with van der Waals surface area (Å²) in [6.45, 7) is 0.428. The number of carbonyl (C=O) groups is 2. The number of anilines is 1.